The molecule has 1 N–H and O–H groups in total. The lowest BCUT2D eigenvalue weighted by Crippen LogP contribution is -2.31. The number of hydrogen-bond donors (Lipinski definition) is 1. The first-order valence-electron chi connectivity index (χ1n) is 6.14. The molecule has 0 spiro atoms. The van der Waals surface area contributed by atoms with E-state index in [1.54, 1.807) is 0 Å². The van der Waals surface area contributed by atoms with Gasteiger partial charge in [-0.25, -0.2) is 0 Å². The lowest BCUT2D eigenvalue weighted by atomic mass is 9.80. The molecule has 2 heteroatoms. The molecule has 0 bridgehead atoms. The lowest BCUT2D eigenvalue weighted by Gasteiger charge is -2.28. The van der Waals surface area contributed by atoms with Crippen LogP contribution in [0.25, 0.3) is 0 Å². The van der Waals surface area contributed by atoms with Gasteiger partial charge in [0.15, 0.2) is 0 Å². The Kier molecular flexibility index (Phi) is 4.18. The van der Waals surface area contributed by atoms with E-state index in [-0.39, 0.29) is 0 Å². The Morgan fingerprint density at radius 2 is 2.00 bits per heavy atom. The molecule has 0 aromatic heterocycles. The van der Waals surface area contributed by atoms with Gasteiger partial charge < -0.3 is 5.32 Å². The van der Waals surface area contributed by atoms with Crippen molar-refractivity contribution in [2.75, 3.05) is 25.1 Å². The van der Waals surface area contributed by atoms with Gasteiger partial charge in [-0.1, -0.05) is 25.7 Å². The van der Waals surface area contributed by atoms with Crippen molar-refractivity contribution >= 4 is 11.8 Å². The first-order valence-corrected chi connectivity index (χ1v) is 7.29. The van der Waals surface area contributed by atoms with Crippen molar-refractivity contribution in [3.8, 4) is 0 Å². The largest absolute Gasteiger partial charge is 0.319 e. The Bertz CT molecular complexity index is 144. The maximum Gasteiger partial charge on any atom is -0.00179 e. The summed E-state index contributed by atoms with van der Waals surface area (Å²) in [6.45, 7) is 1.26. The predicted octanol–water partition coefficient (Wildman–Crippen LogP) is 2.77. The van der Waals surface area contributed by atoms with Crippen LogP contribution in [0.3, 0.4) is 0 Å². The van der Waals surface area contributed by atoms with Gasteiger partial charge in [-0.05, 0) is 49.3 Å². The molecule has 2 atom stereocenters. The van der Waals surface area contributed by atoms with E-state index in [4.69, 9.17) is 0 Å². The molecule has 0 amide bonds. The zero-order valence-corrected chi connectivity index (χ0v) is 10.1. The summed E-state index contributed by atoms with van der Waals surface area (Å²) in [5, 5.41) is 3.41. The van der Waals surface area contributed by atoms with E-state index in [1.165, 1.54) is 50.2 Å². The summed E-state index contributed by atoms with van der Waals surface area (Å²) in [4.78, 5) is 0. The second-order valence-corrected chi connectivity index (χ2v) is 6.04. The van der Waals surface area contributed by atoms with Crippen molar-refractivity contribution in [3.05, 3.63) is 0 Å². The number of rotatable bonds is 4. The highest BCUT2D eigenvalue weighted by Gasteiger charge is 2.32. The van der Waals surface area contributed by atoms with E-state index in [1.807, 2.05) is 0 Å². The molecule has 2 aliphatic rings. The minimum Gasteiger partial charge on any atom is -0.319 e. The molecule has 0 aromatic carbocycles. The maximum absolute atomic E-state index is 3.41. The van der Waals surface area contributed by atoms with Crippen molar-refractivity contribution in [1.82, 2.24) is 5.32 Å². The zero-order chi connectivity index (χ0) is 9.80. The molecular formula is C12H23NS. The van der Waals surface area contributed by atoms with Gasteiger partial charge in [-0.3, -0.25) is 0 Å². The highest BCUT2D eigenvalue weighted by molar-refractivity contribution is 7.99. The molecule has 82 valence electrons. The van der Waals surface area contributed by atoms with E-state index in [0.29, 0.717) is 0 Å². The van der Waals surface area contributed by atoms with Crippen molar-refractivity contribution in [2.45, 2.75) is 32.1 Å². The van der Waals surface area contributed by atoms with Crippen molar-refractivity contribution in [1.29, 1.82) is 0 Å². The number of thioether (sulfide) groups is 1. The van der Waals surface area contributed by atoms with Crippen molar-refractivity contribution in [3.63, 3.8) is 0 Å². The zero-order valence-electron chi connectivity index (χ0n) is 9.30. The van der Waals surface area contributed by atoms with E-state index >= 15 is 0 Å². The van der Waals surface area contributed by atoms with Gasteiger partial charge in [0, 0.05) is 0 Å². The van der Waals surface area contributed by atoms with Gasteiger partial charge in [0.1, 0.15) is 0 Å². The minimum atomic E-state index is 0.984. The molecule has 1 saturated heterocycles. The molecule has 1 nitrogen and oxygen atoms in total. The first-order chi connectivity index (χ1) is 6.92. The molecule has 1 aliphatic carbocycles. The Hall–Kier alpha value is 0.310. The van der Waals surface area contributed by atoms with Crippen LogP contribution < -0.4 is 5.32 Å². The van der Waals surface area contributed by atoms with Crippen molar-refractivity contribution in [2.24, 2.45) is 17.8 Å². The quantitative estimate of drug-likeness (QED) is 0.770. The second kappa shape index (κ2) is 5.41. The number of nitrogens with one attached hydrogen (secondary N) is 1. The molecule has 2 rings (SSSR count). The molecule has 0 radical (unpaired) electrons. The first kappa shape index (κ1) is 10.8. The predicted molar refractivity (Wildman–Crippen MR) is 64.8 cm³/mol. The smallest absolute Gasteiger partial charge is 0.00179 e. The van der Waals surface area contributed by atoms with Gasteiger partial charge in [-0.15, -0.1) is 0 Å². The third-order valence-corrected chi connectivity index (χ3v) is 5.20. The molecule has 1 aliphatic heterocycles. The summed E-state index contributed by atoms with van der Waals surface area (Å²) in [6.07, 6.45) is 7.48. The molecule has 2 unspecified atom stereocenters. The molecule has 2 fully saturated rings. The SMILES string of the molecule is CNCC(C1CCCC1)C1CCSC1. The Labute approximate surface area is 92.4 Å². The summed E-state index contributed by atoms with van der Waals surface area (Å²) in [7, 11) is 2.12. The third kappa shape index (κ3) is 2.46. The van der Waals surface area contributed by atoms with Crippen LogP contribution in [0.2, 0.25) is 0 Å². The van der Waals surface area contributed by atoms with Crippen LogP contribution in [-0.4, -0.2) is 25.1 Å². The monoisotopic (exact) mass is 213 g/mol. The molecule has 1 heterocycles. The molecular weight excluding hydrogens is 190 g/mol. The Morgan fingerprint density at radius 1 is 1.21 bits per heavy atom. The van der Waals surface area contributed by atoms with Crippen LogP contribution in [-0.2, 0) is 0 Å². The number of hydrogen-bond acceptors (Lipinski definition) is 2. The Morgan fingerprint density at radius 3 is 2.57 bits per heavy atom. The average Bonchev–Trinajstić information content (AvgIpc) is 2.87. The second-order valence-electron chi connectivity index (χ2n) is 4.89. The van der Waals surface area contributed by atoms with Crippen LogP contribution in [0.5, 0.6) is 0 Å². The summed E-state index contributed by atoms with van der Waals surface area (Å²) in [5.41, 5.74) is 0. The van der Waals surface area contributed by atoms with Crippen LogP contribution in [0, 0.1) is 17.8 Å². The van der Waals surface area contributed by atoms with Crippen molar-refractivity contribution < 1.29 is 0 Å². The van der Waals surface area contributed by atoms with Crippen LogP contribution >= 0.6 is 11.8 Å². The van der Waals surface area contributed by atoms with Gasteiger partial charge >= 0.3 is 0 Å². The van der Waals surface area contributed by atoms with E-state index in [9.17, 15) is 0 Å². The highest BCUT2D eigenvalue weighted by Crippen LogP contribution is 2.40. The molecule has 14 heavy (non-hydrogen) atoms. The third-order valence-electron chi connectivity index (χ3n) is 4.02. The highest BCUT2D eigenvalue weighted by atomic mass is 32.2. The van der Waals surface area contributed by atoms with Gasteiger partial charge in [0.25, 0.3) is 0 Å². The fourth-order valence-corrected chi connectivity index (χ4v) is 4.58. The van der Waals surface area contributed by atoms with Gasteiger partial charge in [0.05, 0.1) is 0 Å². The maximum atomic E-state index is 3.41. The average molecular weight is 213 g/mol. The summed E-state index contributed by atoms with van der Waals surface area (Å²) in [5.74, 6) is 5.90. The standard InChI is InChI=1S/C12H23NS/c1-13-8-12(10-4-2-3-5-10)11-6-7-14-9-11/h10-13H,2-9H2,1H3. The van der Waals surface area contributed by atoms with E-state index < -0.39 is 0 Å². The topological polar surface area (TPSA) is 12.0 Å². The van der Waals surface area contributed by atoms with Gasteiger partial charge in [-0.2, -0.15) is 11.8 Å². The van der Waals surface area contributed by atoms with E-state index in [0.717, 1.165) is 17.8 Å². The fraction of sp³-hybridized carbons (Fsp3) is 1.00. The summed E-state index contributed by atoms with van der Waals surface area (Å²) >= 11 is 2.17. The van der Waals surface area contributed by atoms with E-state index in [2.05, 4.69) is 24.1 Å². The lowest BCUT2D eigenvalue weighted by molar-refractivity contribution is 0.242. The van der Waals surface area contributed by atoms with Crippen LogP contribution in [0.4, 0.5) is 0 Å². The van der Waals surface area contributed by atoms with Crippen LogP contribution in [0.1, 0.15) is 32.1 Å². The minimum absolute atomic E-state index is 0.984. The summed E-state index contributed by atoms with van der Waals surface area (Å²) < 4.78 is 0. The molecule has 1 saturated carbocycles. The molecule has 0 aromatic rings. The van der Waals surface area contributed by atoms with Crippen LogP contribution in [0.15, 0.2) is 0 Å². The summed E-state index contributed by atoms with van der Waals surface area (Å²) in [6, 6.07) is 0. The Balaban J connectivity index is 1.91. The fourth-order valence-electron chi connectivity index (χ4n) is 3.23. The van der Waals surface area contributed by atoms with Gasteiger partial charge in [0.2, 0.25) is 0 Å². The normalized spacial score (nSPS) is 31.1.